The fraction of sp³-hybridized carbons (Fsp3) is 0.375. The molecular formula is C8H11N5S. The first-order valence-corrected chi connectivity index (χ1v) is 4.88. The van der Waals surface area contributed by atoms with E-state index in [1.165, 1.54) is 0 Å². The molecule has 0 spiro atoms. The predicted octanol–water partition coefficient (Wildman–Crippen LogP) is 1.74. The van der Waals surface area contributed by atoms with Crippen molar-refractivity contribution >= 4 is 12.2 Å². The van der Waals surface area contributed by atoms with Crippen molar-refractivity contribution in [2.75, 3.05) is 0 Å². The third kappa shape index (κ3) is 1.74. The van der Waals surface area contributed by atoms with E-state index in [4.69, 9.17) is 12.2 Å². The average molecular weight is 209 g/mol. The van der Waals surface area contributed by atoms with Crippen LogP contribution in [0.3, 0.4) is 0 Å². The Morgan fingerprint density at radius 2 is 2.36 bits per heavy atom. The summed E-state index contributed by atoms with van der Waals surface area (Å²) in [5, 5.41) is 9.83. The van der Waals surface area contributed by atoms with Crippen molar-refractivity contribution < 1.29 is 0 Å². The second-order valence-corrected chi connectivity index (χ2v) is 3.39. The Labute approximate surface area is 86.2 Å². The summed E-state index contributed by atoms with van der Waals surface area (Å²) in [7, 11) is 0. The number of aromatic nitrogens is 5. The molecule has 2 aromatic heterocycles. The van der Waals surface area contributed by atoms with Gasteiger partial charge in [-0.3, -0.25) is 14.9 Å². The summed E-state index contributed by atoms with van der Waals surface area (Å²) < 4.78 is 2.35. The number of aryl methyl sites for hydroxylation is 1. The summed E-state index contributed by atoms with van der Waals surface area (Å²) in [4.78, 5) is 4.10. The van der Waals surface area contributed by atoms with E-state index < -0.39 is 0 Å². The molecule has 0 radical (unpaired) electrons. The maximum Gasteiger partial charge on any atom is 0.213 e. The second kappa shape index (κ2) is 3.75. The molecule has 6 heteroatoms. The first-order valence-electron chi connectivity index (χ1n) is 4.47. The summed E-state index contributed by atoms with van der Waals surface area (Å²) in [6, 6.07) is 0. The van der Waals surface area contributed by atoms with Crippen LogP contribution in [0, 0.1) is 4.77 Å². The molecule has 0 atom stereocenters. The predicted molar refractivity (Wildman–Crippen MR) is 55.3 cm³/mol. The topological polar surface area (TPSA) is 62.3 Å². The van der Waals surface area contributed by atoms with Crippen molar-refractivity contribution in [2.45, 2.75) is 19.9 Å². The summed E-state index contributed by atoms with van der Waals surface area (Å²) in [6.45, 7) is 3.04. The van der Waals surface area contributed by atoms with Crippen LogP contribution in [0.15, 0.2) is 12.4 Å². The van der Waals surface area contributed by atoms with Crippen LogP contribution in [0.25, 0.3) is 11.4 Å². The van der Waals surface area contributed by atoms with Gasteiger partial charge >= 0.3 is 0 Å². The molecule has 5 nitrogen and oxygen atoms in total. The normalized spacial score (nSPS) is 10.6. The molecule has 0 aliphatic carbocycles. The lowest BCUT2D eigenvalue weighted by Crippen LogP contribution is -1.95. The van der Waals surface area contributed by atoms with Gasteiger partial charge in [-0.15, -0.1) is 0 Å². The van der Waals surface area contributed by atoms with Crippen LogP contribution in [0.1, 0.15) is 13.3 Å². The largest absolute Gasteiger partial charge is 0.282 e. The number of aromatic amines is 2. The fourth-order valence-corrected chi connectivity index (χ4v) is 1.39. The zero-order chi connectivity index (χ0) is 9.97. The Morgan fingerprint density at radius 3 is 3.00 bits per heavy atom. The third-order valence-corrected chi connectivity index (χ3v) is 2.05. The van der Waals surface area contributed by atoms with E-state index in [-0.39, 0.29) is 0 Å². The van der Waals surface area contributed by atoms with Gasteiger partial charge in [0.15, 0.2) is 5.82 Å². The van der Waals surface area contributed by atoms with Gasteiger partial charge in [0.05, 0.1) is 11.8 Å². The van der Waals surface area contributed by atoms with E-state index in [9.17, 15) is 0 Å². The lowest BCUT2D eigenvalue weighted by molar-refractivity contribution is 0.603. The Hall–Kier alpha value is -1.43. The van der Waals surface area contributed by atoms with Gasteiger partial charge in [-0.1, -0.05) is 6.92 Å². The van der Waals surface area contributed by atoms with Crippen molar-refractivity contribution in [3.05, 3.63) is 17.2 Å². The Kier molecular flexibility index (Phi) is 2.45. The standard InChI is InChI=1S/C8H11N5S/c1-2-3-13-5-6(4-9-13)7-10-8(14)12-11-7/h4-5H,2-3H2,1H3,(H2,10,11,12,14). The van der Waals surface area contributed by atoms with Crippen LogP contribution < -0.4 is 0 Å². The molecule has 0 aliphatic rings. The molecule has 0 unspecified atom stereocenters. The van der Waals surface area contributed by atoms with Gasteiger partial charge in [0.2, 0.25) is 4.77 Å². The molecule has 14 heavy (non-hydrogen) atoms. The highest BCUT2D eigenvalue weighted by Gasteiger charge is 2.03. The van der Waals surface area contributed by atoms with Crippen molar-refractivity contribution in [3.8, 4) is 11.4 Å². The van der Waals surface area contributed by atoms with Gasteiger partial charge in [-0.2, -0.15) is 10.1 Å². The smallest absolute Gasteiger partial charge is 0.213 e. The van der Waals surface area contributed by atoms with Crippen LogP contribution in [-0.2, 0) is 6.54 Å². The lowest BCUT2D eigenvalue weighted by Gasteiger charge is -1.94. The molecule has 0 saturated heterocycles. The Bertz CT molecular complexity index is 466. The van der Waals surface area contributed by atoms with Crippen LogP contribution in [0.4, 0.5) is 0 Å². The number of H-pyrrole nitrogens is 2. The van der Waals surface area contributed by atoms with E-state index in [1.54, 1.807) is 6.20 Å². The molecule has 2 rings (SSSR count). The maximum absolute atomic E-state index is 4.87. The first kappa shape index (κ1) is 9.14. The van der Waals surface area contributed by atoms with Crippen molar-refractivity contribution in [3.63, 3.8) is 0 Å². The van der Waals surface area contributed by atoms with Crippen molar-refractivity contribution in [1.82, 2.24) is 25.0 Å². The Balaban J connectivity index is 2.28. The summed E-state index contributed by atoms with van der Waals surface area (Å²) in [5.74, 6) is 0.734. The molecule has 2 heterocycles. The highest BCUT2D eigenvalue weighted by atomic mass is 32.1. The molecule has 0 aliphatic heterocycles. The van der Waals surface area contributed by atoms with E-state index >= 15 is 0 Å². The van der Waals surface area contributed by atoms with E-state index in [2.05, 4.69) is 27.2 Å². The van der Waals surface area contributed by atoms with Crippen LogP contribution in [0.2, 0.25) is 0 Å². The van der Waals surface area contributed by atoms with E-state index in [1.807, 2.05) is 10.9 Å². The zero-order valence-electron chi connectivity index (χ0n) is 7.82. The molecule has 0 saturated carbocycles. The number of nitrogens with zero attached hydrogens (tertiary/aromatic N) is 3. The molecule has 74 valence electrons. The Morgan fingerprint density at radius 1 is 1.50 bits per heavy atom. The second-order valence-electron chi connectivity index (χ2n) is 3.01. The number of hydrogen-bond acceptors (Lipinski definition) is 3. The summed E-state index contributed by atoms with van der Waals surface area (Å²) in [6.07, 6.45) is 4.79. The van der Waals surface area contributed by atoms with Gasteiger partial charge in [0.25, 0.3) is 0 Å². The molecule has 0 bridgehead atoms. The summed E-state index contributed by atoms with van der Waals surface area (Å²) >= 11 is 4.87. The zero-order valence-corrected chi connectivity index (χ0v) is 8.64. The molecule has 0 amide bonds. The SMILES string of the molecule is CCCn1cc(-c2nc(=S)[nH][nH]2)cn1. The van der Waals surface area contributed by atoms with Crippen LogP contribution in [0.5, 0.6) is 0 Å². The van der Waals surface area contributed by atoms with E-state index in [0.717, 1.165) is 24.4 Å². The van der Waals surface area contributed by atoms with Crippen LogP contribution >= 0.6 is 12.2 Å². The highest BCUT2D eigenvalue weighted by Crippen LogP contribution is 2.11. The van der Waals surface area contributed by atoms with Crippen molar-refractivity contribution in [2.24, 2.45) is 0 Å². The van der Waals surface area contributed by atoms with Gasteiger partial charge in [0.1, 0.15) is 0 Å². The molecule has 0 fully saturated rings. The number of rotatable bonds is 3. The highest BCUT2D eigenvalue weighted by molar-refractivity contribution is 7.71. The minimum absolute atomic E-state index is 0.461. The monoisotopic (exact) mass is 209 g/mol. The van der Waals surface area contributed by atoms with Gasteiger partial charge in [-0.25, -0.2) is 0 Å². The fourth-order valence-electron chi connectivity index (χ4n) is 1.24. The number of nitrogens with one attached hydrogen (secondary N) is 2. The average Bonchev–Trinajstić information content (AvgIpc) is 2.74. The van der Waals surface area contributed by atoms with Crippen molar-refractivity contribution in [1.29, 1.82) is 0 Å². The quantitative estimate of drug-likeness (QED) is 0.757. The third-order valence-electron chi connectivity index (χ3n) is 1.86. The summed E-state index contributed by atoms with van der Waals surface area (Å²) in [5.41, 5.74) is 0.950. The van der Waals surface area contributed by atoms with E-state index in [0.29, 0.717) is 4.77 Å². The molecule has 2 aromatic rings. The minimum Gasteiger partial charge on any atom is -0.282 e. The first-order chi connectivity index (χ1) is 6.79. The maximum atomic E-state index is 4.87. The van der Waals surface area contributed by atoms with Gasteiger partial charge in [0, 0.05) is 12.7 Å². The molecular weight excluding hydrogens is 198 g/mol. The lowest BCUT2D eigenvalue weighted by atomic mass is 10.3. The van der Waals surface area contributed by atoms with Crippen LogP contribution in [-0.4, -0.2) is 25.0 Å². The minimum atomic E-state index is 0.461. The number of hydrogen-bond donors (Lipinski definition) is 2. The van der Waals surface area contributed by atoms with Gasteiger partial charge < -0.3 is 0 Å². The molecule has 2 N–H and O–H groups in total. The molecule has 0 aromatic carbocycles. The van der Waals surface area contributed by atoms with Gasteiger partial charge in [-0.05, 0) is 18.6 Å².